The van der Waals surface area contributed by atoms with Gasteiger partial charge in [0.15, 0.2) is 5.69 Å². The molecule has 5 rings (SSSR count). The maximum Gasteiger partial charge on any atom is 0.285 e. The average molecular weight is 422 g/mol. The van der Waals surface area contributed by atoms with Crippen molar-refractivity contribution in [2.75, 3.05) is 7.11 Å². The van der Waals surface area contributed by atoms with E-state index in [0.717, 1.165) is 11.3 Å². The number of para-hydroxylation sites is 2. The van der Waals surface area contributed by atoms with Crippen LogP contribution in [0.5, 0.6) is 5.75 Å². The number of rotatable bonds is 4. The van der Waals surface area contributed by atoms with Crippen molar-refractivity contribution in [2.45, 2.75) is 0 Å². The molecule has 0 aliphatic carbocycles. The molecule has 2 heterocycles. The van der Waals surface area contributed by atoms with Crippen LogP contribution in [0.25, 0.3) is 34.5 Å². The van der Waals surface area contributed by atoms with Gasteiger partial charge in [-0.1, -0.05) is 48.5 Å². The molecule has 0 N–H and O–H groups in total. The van der Waals surface area contributed by atoms with E-state index in [2.05, 4.69) is 10.2 Å². The first-order valence-corrected chi connectivity index (χ1v) is 9.98. The van der Waals surface area contributed by atoms with Crippen molar-refractivity contribution >= 4 is 28.8 Å². The molecule has 3 aromatic carbocycles. The van der Waals surface area contributed by atoms with Gasteiger partial charge < -0.3 is 4.74 Å². The summed E-state index contributed by atoms with van der Waals surface area (Å²) < 4.78 is 8.02. The van der Waals surface area contributed by atoms with Crippen molar-refractivity contribution < 1.29 is 4.74 Å². The average Bonchev–Trinajstić information content (AvgIpc) is 2.84. The van der Waals surface area contributed by atoms with Crippen LogP contribution in [0.3, 0.4) is 0 Å². The summed E-state index contributed by atoms with van der Waals surface area (Å²) in [6.07, 6.45) is 3.41. The molecule has 0 unspecified atom stereocenters. The molecular weight excluding hydrogens is 404 g/mol. The van der Waals surface area contributed by atoms with E-state index >= 15 is 0 Å². The molecule has 0 fully saturated rings. The number of fused-ring (bicyclic) bond motifs is 3. The minimum Gasteiger partial charge on any atom is -0.497 e. The van der Waals surface area contributed by atoms with E-state index in [4.69, 9.17) is 4.74 Å². The normalized spacial score (nSPS) is 11.4. The van der Waals surface area contributed by atoms with E-state index in [1.165, 1.54) is 8.97 Å². The maximum atomic E-state index is 13.4. The highest BCUT2D eigenvalue weighted by atomic mass is 16.5. The van der Waals surface area contributed by atoms with Crippen LogP contribution in [-0.4, -0.2) is 26.3 Å². The van der Waals surface area contributed by atoms with Crippen LogP contribution >= 0.6 is 0 Å². The molecule has 5 aromatic rings. The second-order valence-corrected chi connectivity index (χ2v) is 7.13. The second-order valence-electron chi connectivity index (χ2n) is 7.13. The zero-order chi connectivity index (χ0) is 22.1. The van der Waals surface area contributed by atoms with Gasteiger partial charge in [-0.25, -0.2) is 8.97 Å². The van der Waals surface area contributed by atoms with Crippen LogP contribution < -0.4 is 15.9 Å². The van der Waals surface area contributed by atoms with Crippen molar-refractivity contribution in [2.24, 2.45) is 0 Å². The lowest BCUT2D eigenvalue weighted by atomic mass is 10.2. The van der Waals surface area contributed by atoms with Gasteiger partial charge in [0, 0.05) is 0 Å². The lowest BCUT2D eigenvalue weighted by Gasteiger charge is -2.12. The summed E-state index contributed by atoms with van der Waals surface area (Å²) in [5.74, 6) is 0.907. The lowest BCUT2D eigenvalue weighted by molar-refractivity contribution is 0.415. The quantitative estimate of drug-likeness (QED) is 0.414. The monoisotopic (exact) mass is 422 g/mol. The van der Waals surface area contributed by atoms with Crippen molar-refractivity contribution in [1.29, 1.82) is 0 Å². The van der Waals surface area contributed by atoms with Crippen molar-refractivity contribution in [3.63, 3.8) is 0 Å². The minimum atomic E-state index is -0.361. The highest BCUT2D eigenvalue weighted by Gasteiger charge is 2.16. The standard InChI is InChI=1S/C25H18N4O3/c1-32-19-14-11-17(12-15-19)13-16-21-24(31)29-22-10-6-5-9-20(22)23(30)28(25(29)27-26-21)18-7-3-2-4-8-18/h2-16H,1H3. The first-order chi connectivity index (χ1) is 15.7. The Balaban J connectivity index is 1.76. The molecule has 0 radical (unpaired) electrons. The number of hydrogen-bond acceptors (Lipinski definition) is 5. The molecule has 2 aromatic heterocycles. The number of benzene rings is 3. The molecule has 7 nitrogen and oxygen atoms in total. The zero-order valence-electron chi connectivity index (χ0n) is 17.2. The number of aromatic nitrogens is 4. The minimum absolute atomic E-state index is 0.159. The molecule has 156 valence electrons. The van der Waals surface area contributed by atoms with Gasteiger partial charge in [-0.15, -0.1) is 10.2 Å². The van der Waals surface area contributed by atoms with Crippen molar-refractivity contribution in [1.82, 2.24) is 19.2 Å². The van der Waals surface area contributed by atoms with E-state index in [0.29, 0.717) is 16.6 Å². The van der Waals surface area contributed by atoms with E-state index in [1.807, 2.05) is 42.5 Å². The Bertz CT molecular complexity index is 1580. The molecule has 0 amide bonds. The van der Waals surface area contributed by atoms with Crippen LogP contribution in [0.2, 0.25) is 0 Å². The molecule has 0 saturated carbocycles. The van der Waals surface area contributed by atoms with Gasteiger partial charge in [-0.05, 0) is 48.0 Å². The predicted octanol–water partition coefficient (Wildman–Crippen LogP) is 3.57. The number of methoxy groups -OCH3 is 1. The largest absolute Gasteiger partial charge is 0.497 e. The second kappa shape index (κ2) is 7.96. The van der Waals surface area contributed by atoms with Crippen LogP contribution in [0.15, 0.2) is 88.5 Å². The molecule has 0 aliphatic heterocycles. The summed E-state index contributed by atoms with van der Waals surface area (Å²) in [5, 5.41) is 8.83. The summed E-state index contributed by atoms with van der Waals surface area (Å²) in [4.78, 5) is 26.7. The fourth-order valence-electron chi connectivity index (χ4n) is 3.62. The summed E-state index contributed by atoms with van der Waals surface area (Å²) >= 11 is 0. The Morgan fingerprint density at radius 3 is 2.25 bits per heavy atom. The van der Waals surface area contributed by atoms with Gasteiger partial charge in [0.25, 0.3) is 11.1 Å². The maximum absolute atomic E-state index is 13.4. The van der Waals surface area contributed by atoms with E-state index < -0.39 is 0 Å². The van der Waals surface area contributed by atoms with E-state index in [9.17, 15) is 9.59 Å². The molecule has 7 heteroatoms. The third-order valence-electron chi connectivity index (χ3n) is 5.21. The van der Waals surface area contributed by atoms with Gasteiger partial charge in [0.2, 0.25) is 5.78 Å². The van der Waals surface area contributed by atoms with Gasteiger partial charge in [0.05, 0.1) is 23.7 Å². The molecule has 0 spiro atoms. The molecule has 32 heavy (non-hydrogen) atoms. The van der Waals surface area contributed by atoms with Gasteiger partial charge in [0.1, 0.15) is 5.75 Å². The number of hydrogen-bond donors (Lipinski definition) is 0. The smallest absolute Gasteiger partial charge is 0.285 e. The molecule has 0 bridgehead atoms. The van der Waals surface area contributed by atoms with Gasteiger partial charge in [-0.3, -0.25) is 9.59 Å². The van der Waals surface area contributed by atoms with Crippen LogP contribution in [0, 0.1) is 0 Å². The third-order valence-corrected chi connectivity index (χ3v) is 5.21. The Labute approximate surface area is 182 Å². The summed E-state index contributed by atoms with van der Waals surface area (Å²) in [6, 6.07) is 23.5. The highest BCUT2D eigenvalue weighted by Crippen LogP contribution is 2.16. The fourth-order valence-corrected chi connectivity index (χ4v) is 3.62. The Hall–Kier alpha value is -4.52. The molecule has 0 aliphatic rings. The summed E-state index contributed by atoms with van der Waals surface area (Å²) in [7, 11) is 1.61. The summed E-state index contributed by atoms with van der Waals surface area (Å²) in [5.41, 5.74) is 1.52. The Morgan fingerprint density at radius 2 is 1.50 bits per heavy atom. The number of ether oxygens (including phenoxy) is 1. The zero-order valence-corrected chi connectivity index (χ0v) is 17.2. The SMILES string of the molecule is COc1ccc(C=Cc2nnc3n(-c4ccccc4)c(=O)c4ccccc4n3c2=O)cc1. The Kier molecular flexibility index (Phi) is 4.84. The van der Waals surface area contributed by atoms with Crippen LogP contribution in [0.4, 0.5) is 0 Å². The Morgan fingerprint density at radius 1 is 0.781 bits per heavy atom. The molecule has 0 saturated heterocycles. The third kappa shape index (κ3) is 3.26. The molecular formula is C25H18N4O3. The van der Waals surface area contributed by atoms with E-state index in [-0.39, 0.29) is 22.6 Å². The first-order valence-electron chi connectivity index (χ1n) is 9.98. The highest BCUT2D eigenvalue weighted by molar-refractivity contribution is 5.81. The van der Waals surface area contributed by atoms with Gasteiger partial charge >= 0.3 is 0 Å². The lowest BCUT2D eigenvalue weighted by Crippen LogP contribution is -2.29. The first kappa shape index (κ1) is 19.4. The van der Waals surface area contributed by atoms with Crippen molar-refractivity contribution in [3.05, 3.63) is 111 Å². The summed E-state index contributed by atoms with van der Waals surface area (Å²) in [6.45, 7) is 0. The molecule has 0 atom stereocenters. The predicted molar refractivity (Wildman–Crippen MR) is 124 cm³/mol. The fraction of sp³-hybridized carbons (Fsp3) is 0.0400. The van der Waals surface area contributed by atoms with Crippen LogP contribution in [-0.2, 0) is 0 Å². The van der Waals surface area contributed by atoms with Crippen LogP contribution in [0.1, 0.15) is 11.3 Å². The number of nitrogens with zero attached hydrogens (tertiary/aromatic N) is 4. The van der Waals surface area contributed by atoms with Crippen molar-refractivity contribution in [3.8, 4) is 11.4 Å². The van der Waals surface area contributed by atoms with Gasteiger partial charge in [-0.2, -0.15) is 0 Å². The topological polar surface area (TPSA) is 78.5 Å². The van der Waals surface area contributed by atoms with E-state index in [1.54, 1.807) is 55.7 Å².